The van der Waals surface area contributed by atoms with E-state index in [2.05, 4.69) is 32.9 Å². The molecule has 1 aromatic carbocycles. The van der Waals surface area contributed by atoms with Gasteiger partial charge in [0.25, 0.3) is 0 Å². The fraction of sp³-hybridized carbons (Fsp3) is 0.538. The molecule has 0 heterocycles. The average Bonchev–Trinajstić information content (AvgIpc) is 2.21. The highest BCUT2D eigenvalue weighted by atomic mass is 35.5. The van der Waals surface area contributed by atoms with Crippen molar-refractivity contribution in [3.8, 4) is 0 Å². The molecule has 0 unspecified atom stereocenters. The van der Waals surface area contributed by atoms with Crippen LogP contribution in [0.3, 0.4) is 0 Å². The van der Waals surface area contributed by atoms with Gasteiger partial charge in [0.05, 0.1) is 12.1 Å². The van der Waals surface area contributed by atoms with Gasteiger partial charge in [-0.15, -0.1) is 12.4 Å². The summed E-state index contributed by atoms with van der Waals surface area (Å²) in [5, 5.41) is 9.81. The topological polar surface area (TPSA) is 46.2 Å². The van der Waals surface area contributed by atoms with Gasteiger partial charge in [0.1, 0.15) is 0 Å². The van der Waals surface area contributed by atoms with Crippen molar-refractivity contribution < 1.29 is 5.11 Å². The summed E-state index contributed by atoms with van der Waals surface area (Å²) in [6.45, 7) is 6.20. The highest BCUT2D eigenvalue weighted by Gasteiger charge is 2.15. The molecule has 0 radical (unpaired) electrons. The predicted octanol–water partition coefficient (Wildman–Crippen LogP) is 2.89. The van der Waals surface area contributed by atoms with Gasteiger partial charge in [0.15, 0.2) is 0 Å². The van der Waals surface area contributed by atoms with Gasteiger partial charge >= 0.3 is 0 Å². The molecule has 3 N–H and O–H groups in total. The summed E-state index contributed by atoms with van der Waals surface area (Å²) < 4.78 is 0. The Kier molecular flexibility index (Phi) is 6.65. The third-order valence-electron chi connectivity index (χ3n) is 2.91. The number of aliphatic hydroxyl groups excluding tert-OH is 1. The molecule has 0 spiro atoms. The quantitative estimate of drug-likeness (QED) is 0.854. The molecule has 0 fully saturated rings. The Bertz CT molecular complexity index is 328. The largest absolute Gasteiger partial charge is 0.391 e. The molecule has 0 aliphatic rings. The predicted molar refractivity (Wildman–Crippen MR) is 71.0 cm³/mol. The molecular formula is C13H22ClNO. The van der Waals surface area contributed by atoms with Crippen LogP contribution in [0.5, 0.6) is 0 Å². The second-order valence-electron chi connectivity index (χ2n) is 4.23. The number of benzene rings is 1. The van der Waals surface area contributed by atoms with E-state index >= 15 is 0 Å². The Hall–Kier alpha value is -0.570. The summed E-state index contributed by atoms with van der Waals surface area (Å²) in [7, 11) is 0. The minimum Gasteiger partial charge on any atom is -0.391 e. The first kappa shape index (κ1) is 15.4. The molecule has 0 aromatic heterocycles. The van der Waals surface area contributed by atoms with E-state index in [9.17, 15) is 5.11 Å². The maximum atomic E-state index is 9.81. The molecule has 0 amide bonds. The van der Waals surface area contributed by atoms with Gasteiger partial charge in [0.2, 0.25) is 0 Å². The lowest BCUT2D eigenvalue weighted by Gasteiger charge is -2.19. The van der Waals surface area contributed by atoms with E-state index in [1.165, 1.54) is 11.1 Å². The SMILES string of the molecule is CCC[C@@H](O)[C@@H](N)c1ccc(C)c(C)c1.Cl. The van der Waals surface area contributed by atoms with Crippen LogP contribution in [0.2, 0.25) is 0 Å². The molecule has 0 aliphatic carbocycles. The minimum atomic E-state index is -0.433. The Labute approximate surface area is 104 Å². The van der Waals surface area contributed by atoms with Crippen LogP contribution in [-0.4, -0.2) is 11.2 Å². The van der Waals surface area contributed by atoms with E-state index in [4.69, 9.17) is 5.73 Å². The molecular weight excluding hydrogens is 222 g/mol. The summed E-state index contributed by atoms with van der Waals surface area (Å²) in [6.07, 6.45) is 1.28. The second-order valence-corrected chi connectivity index (χ2v) is 4.23. The van der Waals surface area contributed by atoms with Crippen molar-refractivity contribution in [1.29, 1.82) is 0 Å². The van der Waals surface area contributed by atoms with Crippen LogP contribution < -0.4 is 5.73 Å². The van der Waals surface area contributed by atoms with Crippen molar-refractivity contribution in [3.63, 3.8) is 0 Å². The Balaban J connectivity index is 0.00000225. The number of aryl methyl sites for hydroxylation is 2. The van der Waals surface area contributed by atoms with Crippen LogP contribution in [0.4, 0.5) is 0 Å². The van der Waals surface area contributed by atoms with E-state index in [0.717, 1.165) is 18.4 Å². The molecule has 92 valence electrons. The van der Waals surface area contributed by atoms with Gasteiger partial charge in [0, 0.05) is 0 Å². The molecule has 16 heavy (non-hydrogen) atoms. The first-order valence-corrected chi connectivity index (χ1v) is 5.57. The second kappa shape index (κ2) is 6.89. The van der Waals surface area contributed by atoms with Crippen molar-refractivity contribution in [3.05, 3.63) is 34.9 Å². The smallest absolute Gasteiger partial charge is 0.0732 e. The van der Waals surface area contributed by atoms with Gasteiger partial charge in [-0.25, -0.2) is 0 Å². The number of aliphatic hydroxyl groups is 1. The van der Waals surface area contributed by atoms with E-state index < -0.39 is 6.10 Å². The maximum absolute atomic E-state index is 9.81. The van der Waals surface area contributed by atoms with Crippen LogP contribution in [0.1, 0.15) is 42.5 Å². The van der Waals surface area contributed by atoms with Crippen molar-refractivity contribution >= 4 is 12.4 Å². The van der Waals surface area contributed by atoms with Gasteiger partial charge in [-0.05, 0) is 37.0 Å². The maximum Gasteiger partial charge on any atom is 0.0732 e. The molecule has 2 nitrogen and oxygen atoms in total. The van der Waals surface area contributed by atoms with E-state index in [1.54, 1.807) is 0 Å². The molecule has 0 saturated carbocycles. The van der Waals surface area contributed by atoms with Crippen LogP contribution in [-0.2, 0) is 0 Å². The molecule has 3 heteroatoms. The third-order valence-corrected chi connectivity index (χ3v) is 2.91. The number of halogens is 1. The first-order valence-electron chi connectivity index (χ1n) is 5.57. The molecule has 0 aliphatic heterocycles. The number of hydrogen-bond acceptors (Lipinski definition) is 2. The van der Waals surface area contributed by atoms with E-state index in [1.807, 2.05) is 6.07 Å². The van der Waals surface area contributed by atoms with Crippen LogP contribution >= 0.6 is 12.4 Å². The van der Waals surface area contributed by atoms with Crippen molar-refractivity contribution in [2.75, 3.05) is 0 Å². The van der Waals surface area contributed by atoms with Gasteiger partial charge in [-0.1, -0.05) is 31.5 Å². The molecule has 0 bridgehead atoms. The average molecular weight is 244 g/mol. The van der Waals surface area contributed by atoms with Crippen LogP contribution in [0, 0.1) is 13.8 Å². The normalized spacial score (nSPS) is 14.1. The van der Waals surface area contributed by atoms with E-state index in [0.29, 0.717) is 0 Å². The van der Waals surface area contributed by atoms with Crippen LogP contribution in [0.15, 0.2) is 18.2 Å². The Morgan fingerprint density at radius 2 is 1.88 bits per heavy atom. The lowest BCUT2D eigenvalue weighted by atomic mass is 9.96. The summed E-state index contributed by atoms with van der Waals surface area (Å²) >= 11 is 0. The van der Waals surface area contributed by atoms with E-state index in [-0.39, 0.29) is 18.4 Å². The highest BCUT2D eigenvalue weighted by molar-refractivity contribution is 5.85. The lowest BCUT2D eigenvalue weighted by Crippen LogP contribution is -2.26. The van der Waals surface area contributed by atoms with Gasteiger partial charge in [-0.3, -0.25) is 0 Å². The zero-order valence-electron chi connectivity index (χ0n) is 10.2. The summed E-state index contributed by atoms with van der Waals surface area (Å²) in [6, 6.07) is 5.87. The standard InChI is InChI=1S/C13H21NO.ClH/c1-4-5-12(15)13(14)11-7-6-9(2)10(3)8-11;/h6-8,12-13,15H,4-5,14H2,1-3H3;1H/t12-,13+;/m1./s1. The molecule has 2 atom stereocenters. The molecule has 0 saturated heterocycles. The minimum absolute atomic E-state index is 0. The van der Waals surface area contributed by atoms with Crippen molar-refractivity contribution in [1.82, 2.24) is 0 Å². The number of rotatable bonds is 4. The number of hydrogen-bond donors (Lipinski definition) is 2. The highest BCUT2D eigenvalue weighted by Crippen LogP contribution is 2.20. The molecule has 1 rings (SSSR count). The van der Waals surface area contributed by atoms with Crippen molar-refractivity contribution in [2.45, 2.75) is 45.8 Å². The number of nitrogens with two attached hydrogens (primary N) is 1. The monoisotopic (exact) mass is 243 g/mol. The zero-order chi connectivity index (χ0) is 11.4. The van der Waals surface area contributed by atoms with Gasteiger partial charge in [-0.2, -0.15) is 0 Å². The third kappa shape index (κ3) is 3.78. The van der Waals surface area contributed by atoms with Crippen LogP contribution in [0.25, 0.3) is 0 Å². The lowest BCUT2D eigenvalue weighted by molar-refractivity contribution is 0.134. The Morgan fingerprint density at radius 1 is 1.25 bits per heavy atom. The fourth-order valence-corrected chi connectivity index (χ4v) is 1.67. The summed E-state index contributed by atoms with van der Waals surface area (Å²) in [5.41, 5.74) is 9.51. The molecule has 1 aromatic rings. The fourth-order valence-electron chi connectivity index (χ4n) is 1.67. The van der Waals surface area contributed by atoms with Crippen molar-refractivity contribution in [2.24, 2.45) is 5.73 Å². The first-order chi connectivity index (χ1) is 7.06. The Morgan fingerprint density at radius 3 is 2.38 bits per heavy atom. The summed E-state index contributed by atoms with van der Waals surface area (Å²) in [5.74, 6) is 0. The zero-order valence-corrected chi connectivity index (χ0v) is 11.1. The summed E-state index contributed by atoms with van der Waals surface area (Å²) in [4.78, 5) is 0. The van der Waals surface area contributed by atoms with Gasteiger partial charge < -0.3 is 10.8 Å².